The quantitative estimate of drug-likeness (QED) is 0.899. The normalized spacial score (nSPS) is 24.3. The van der Waals surface area contributed by atoms with Crippen molar-refractivity contribution in [1.82, 2.24) is 5.32 Å². The van der Waals surface area contributed by atoms with Crippen LogP contribution in [0, 0.1) is 5.82 Å². The Bertz CT molecular complexity index is 564. The van der Waals surface area contributed by atoms with E-state index in [9.17, 15) is 19.1 Å². The zero-order valence-electron chi connectivity index (χ0n) is 12.1. The monoisotopic (exact) mass is 295 g/mol. The van der Waals surface area contributed by atoms with Crippen LogP contribution in [0.1, 0.15) is 38.7 Å². The van der Waals surface area contributed by atoms with E-state index in [4.69, 9.17) is 4.74 Å². The summed E-state index contributed by atoms with van der Waals surface area (Å²) in [7, 11) is 0. The molecule has 114 valence electrons. The minimum absolute atomic E-state index is 0.257. The molecule has 1 aromatic carbocycles. The number of nitrogens with one attached hydrogen (secondary N) is 1. The van der Waals surface area contributed by atoms with Crippen LogP contribution in [0.15, 0.2) is 24.3 Å². The number of amides is 1. The number of ether oxygens (including phenoxy) is 1. The SMILES string of the molecule is CC(C)(C)OC(=O)N[C@]1(C(=O)O)C[C@@H]1c1ccc(F)cc1. The van der Waals surface area contributed by atoms with Gasteiger partial charge in [0.15, 0.2) is 0 Å². The van der Waals surface area contributed by atoms with Crippen molar-refractivity contribution < 1.29 is 23.8 Å². The highest BCUT2D eigenvalue weighted by molar-refractivity contribution is 5.90. The number of carbonyl (C=O) groups is 2. The Labute approximate surface area is 122 Å². The van der Waals surface area contributed by atoms with E-state index in [1.54, 1.807) is 20.8 Å². The summed E-state index contributed by atoms with van der Waals surface area (Å²) in [6.45, 7) is 5.10. The molecule has 0 unspecified atom stereocenters. The van der Waals surface area contributed by atoms with E-state index in [2.05, 4.69) is 5.32 Å². The average molecular weight is 295 g/mol. The third-order valence-corrected chi connectivity index (χ3v) is 3.34. The maximum absolute atomic E-state index is 12.9. The van der Waals surface area contributed by atoms with E-state index in [-0.39, 0.29) is 18.2 Å². The Kier molecular flexibility index (Phi) is 3.65. The van der Waals surface area contributed by atoms with Gasteiger partial charge in [0.05, 0.1) is 0 Å². The lowest BCUT2D eigenvalue weighted by Gasteiger charge is -2.22. The van der Waals surface area contributed by atoms with Crippen molar-refractivity contribution in [2.75, 3.05) is 0 Å². The van der Waals surface area contributed by atoms with E-state index >= 15 is 0 Å². The molecule has 1 aliphatic rings. The highest BCUT2D eigenvalue weighted by Gasteiger charge is 2.62. The molecule has 2 atom stereocenters. The Morgan fingerprint density at radius 2 is 1.90 bits per heavy atom. The lowest BCUT2D eigenvalue weighted by Crippen LogP contribution is -2.46. The molecule has 2 rings (SSSR count). The summed E-state index contributed by atoms with van der Waals surface area (Å²) in [6.07, 6.45) is -0.512. The van der Waals surface area contributed by atoms with Gasteiger partial charge in [-0.2, -0.15) is 0 Å². The first-order chi connectivity index (χ1) is 9.64. The number of carboxylic acid groups (broad SMARTS) is 1. The number of alkyl carbamates (subject to hydrolysis) is 1. The number of aliphatic carboxylic acids is 1. The molecule has 1 amide bonds. The molecular formula is C15H18FNO4. The van der Waals surface area contributed by atoms with Gasteiger partial charge < -0.3 is 15.2 Å². The van der Waals surface area contributed by atoms with Crippen LogP contribution in [0.25, 0.3) is 0 Å². The van der Waals surface area contributed by atoms with Gasteiger partial charge in [-0.05, 0) is 44.9 Å². The fourth-order valence-electron chi connectivity index (χ4n) is 2.27. The van der Waals surface area contributed by atoms with Crippen LogP contribution in [-0.4, -0.2) is 28.3 Å². The van der Waals surface area contributed by atoms with E-state index < -0.39 is 23.2 Å². The first kappa shape index (κ1) is 15.3. The Morgan fingerprint density at radius 1 is 1.33 bits per heavy atom. The van der Waals surface area contributed by atoms with Crippen LogP contribution in [-0.2, 0) is 9.53 Å². The van der Waals surface area contributed by atoms with Gasteiger partial charge in [0.25, 0.3) is 0 Å². The number of halogens is 1. The molecule has 6 heteroatoms. The van der Waals surface area contributed by atoms with Crippen molar-refractivity contribution in [1.29, 1.82) is 0 Å². The Balaban J connectivity index is 2.12. The molecule has 21 heavy (non-hydrogen) atoms. The minimum atomic E-state index is -1.37. The smallest absolute Gasteiger partial charge is 0.408 e. The van der Waals surface area contributed by atoms with E-state index in [1.807, 2.05) is 0 Å². The summed E-state index contributed by atoms with van der Waals surface area (Å²) >= 11 is 0. The molecule has 0 radical (unpaired) electrons. The second-order valence-electron chi connectivity index (χ2n) is 6.21. The molecule has 0 bridgehead atoms. The summed E-state index contributed by atoms with van der Waals surface area (Å²) in [5.41, 5.74) is -1.40. The molecule has 2 N–H and O–H groups in total. The van der Waals surface area contributed by atoms with Crippen molar-refractivity contribution in [3.8, 4) is 0 Å². The molecular weight excluding hydrogens is 277 g/mol. The first-order valence-corrected chi connectivity index (χ1v) is 6.64. The molecule has 0 aromatic heterocycles. The summed E-state index contributed by atoms with van der Waals surface area (Å²) in [5, 5.41) is 11.8. The topological polar surface area (TPSA) is 75.6 Å². The summed E-state index contributed by atoms with van der Waals surface area (Å²) < 4.78 is 18.0. The van der Waals surface area contributed by atoms with Gasteiger partial charge in [-0.25, -0.2) is 14.0 Å². The third kappa shape index (κ3) is 3.32. The van der Waals surface area contributed by atoms with Crippen LogP contribution in [0.3, 0.4) is 0 Å². The molecule has 0 heterocycles. The van der Waals surface area contributed by atoms with Gasteiger partial charge in [-0.1, -0.05) is 12.1 Å². The van der Waals surface area contributed by atoms with Gasteiger partial charge in [-0.15, -0.1) is 0 Å². The highest BCUT2D eigenvalue weighted by atomic mass is 19.1. The van der Waals surface area contributed by atoms with Crippen LogP contribution in [0.4, 0.5) is 9.18 Å². The lowest BCUT2D eigenvalue weighted by molar-refractivity contribution is -0.140. The van der Waals surface area contributed by atoms with Crippen molar-refractivity contribution in [3.63, 3.8) is 0 Å². The van der Waals surface area contributed by atoms with Crippen LogP contribution >= 0.6 is 0 Å². The number of carboxylic acids is 1. The Morgan fingerprint density at radius 3 is 2.38 bits per heavy atom. The summed E-state index contributed by atoms with van der Waals surface area (Å²) in [6, 6.07) is 5.60. The zero-order chi connectivity index (χ0) is 15.8. The van der Waals surface area contributed by atoms with Crippen LogP contribution < -0.4 is 5.32 Å². The molecule has 0 saturated heterocycles. The van der Waals surface area contributed by atoms with Crippen LogP contribution in [0.2, 0.25) is 0 Å². The molecule has 1 fully saturated rings. The molecule has 5 nitrogen and oxygen atoms in total. The second-order valence-corrected chi connectivity index (χ2v) is 6.21. The fraction of sp³-hybridized carbons (Fsp3) is 0.467. The molecule has 1 saturated carbocycles. The number of hydrogen-bond acceptors (Lipinski definition) is 3. The van der Waals surface area contributed by atoms with Gasteiger partial charge in [-0.3, -0.25) is 0 Å². The van der Waals surface area contributed by atoms with E-state index in [0.29, 0.717) is 5.56 Å². The van der Waals surface area contributed by atoms with Crippen molar-refractivity contribution >= 4 is 12.1 Å². The number of carbonyl (C=O) groups excluding carboxylic acids is 1. The highest BCUT2D eigenvalue weighted by Crippen LogP contribution is 2.51. The van der Waals surface area contributed by atoms with Gasteiger partial charge in [0.2, 0.25) is 0 Å². The van der Waals surface area contributed by atoms with Crippen molar-refractivity contribution in [2.45, 2.75) is 44.2 Å². The molecule has 1 aromatic rings. The Hall–Kier alpha value is -2.11. The van der Waals surface area contributed by atoms with E-state index in [1.165, 1.54) is 24.3 Å². The lowest BCUT2D eigenvalue weighted by atomic mass is 10.1. The van der Waals surface area contributed by atoms with Gasteiger partial charge in [0.1, 0.15) is 17.0 Å². The van der Waals surface area contributed by atoms with Gasteiger partial charge >= 0.3 is 12.1 Å². The number of hydrogen-bond donors (Lipinski definition) is 2. The summed E-state index contributed by atoms with van der Waals surface area (Å²) in [5.74, 6) is -1.90. The fourth-order valence-corrected chi connectivity index (χ4v) is 2.27. The van der Waals surface area contributed by atoms with Crippen molar-refractivity contribution in [2.24, 2.45) is 0 Å². The van der Waals surface area contributed by atoms with Crippen molar-refractivity contribution in [3.05, 3.63) is 35.6 Å². The van der Waals surface area contributed by atoms with E-state index in [0.717, 1.165) is 0 Å². The summed E-state index contributed by atoms with van der Waals surface area (Å²) in [4.78, 5) is 23.3. The average Bonchev–Trinajstić information content (AvgIpc) is 3.03. The predicted molar refractivity (Wildman–Crippen MR) is 73.5 cm³/mol. The standard InChI is InChI=1S/C15H18FNO4/c1-14(2,3)21-13(20)17-15(12(18)19)8-11(15)9-4-6-10(16)7-5-9/h4-7,11H,8H2,1-3H3,(H,17,20)(H,18,19)/t11-,15-/m1/s1. The maximum atomic E-state index is 12.9. The predicted octanol–water partition coefficient (Wildman–Crippen LogP) is 2.66. The van der Waals surface area contributed by atoms with Gasteiger partial charge in [0, 0.05) is 5.92 Å². The minimum Gasteiger partial charge on any atom is -0.479 e. The first-order valence-electron chi connectivity index (χ1n) is 6.64. The number of benzene rings is 1. The van der Waals surface area contributed by atoms with Crippen LogP contribution in [0.5, 0.6) is 0 Å². The molecule has 0 aliphatic heterocycles. The number of rotatable bonds is 3. The third-order valence-electron chi connectivity index (χ3n) is 3.34. The maximum Gasteiger partial charge on any atom is 0.408 e. The molecule has 0 spiro atoms. The largest absolute Gasteiger partial charge is 0.479 e. The zero-order valence-corrected chi connectivity index (χ0v) is 12.1. The second kappa shape index (κ2) is 5.02. The molecule has 1 aliphatic carbocycles.